The van der Waals surface area contributed by atoms with Gasteiger partial charge in [0.1, 0.15) is 11.8 Å². The number of carbonyl (C=O) groups is 2. The Labute approximate surface area is 132 Å². The molecule has 1 aromatic rings. The van der Waals surface area contributed by atoms with E-state index < -0.39 is 12.0 Å². The Hall–Kier alpha value is -1.40. The molecule has 1 heterocycles. The van der Waals surface area contributed by atoms with Gasteiger partial charge in [-0.25, -0.2) is 4.79 Å². The van der Waals surface area contributed by atoms with Crippen LogP contribution in [0, 0.1) is 0 Å². The fraction of sp³-hybridized carbons (Fsp3) is 0.429. The number of aliphatic carboxylic acids is 1. The van der Waals surface area contributed by atoms with Crippen molar-refractivity contribution in [2.45, 2.75) is 24.8 Å². The molecule has 1 saturated heterocycles. The van der Waals surface area contributed by atoms with Crippen molar-refractivity contribution in [1.29, 1.82) is 0 Å². The molecule has 1 amide bonds. The summed E-state index contributed by atoms with van der Waals surface area (Å²) in [7, 11) is 0. The highest BCUT2D eigenvalue weighted by Crippen LogP contribution is 2.31. The number of ether oxygens (including phenoxy) is 1. The Morgan fingerprint density at radius 1 is 1.48 bits per heavy atom. The monoisotopic (exact) mass is 329 g/mol. The minimum Gasteiger partial charge on any atom is -0.482 e. The van der Waals surface area contributed by atoms with Crippen LogP contribution in [-0.4, -0.2) is 45.7 Å². The molecule has 2 rings (SSSR count). The highest BCUT2D eigenvalue weighted by Gasteiger charge is 2.40. The number of hydrogen-bond acceptors (Lipinski definition) is 4. The van der Waals surface area contributed by atoms with Crippen LogP contribution in [0.5, 0.6) is 5.75 Å². The average Bonchev–Trinajstić information content (AvgIpc) is 2.90. The van der Waals surface area contributed by atoms with Gasteiger partial charge in [0.05, 0.1) is 10.4 Å². The first-order valence-electron chi connectivity index (χ1n) is 6.57. The maximum Gasteiger partial charge on any atom is 0.327 e. The Balaban J connectivity index is 2.04. The fourth-order valence-corrected chi connectivity index (χ4v) is 3.74. The van der Waals surface area contributed by atoms with Gasteiger partial charge in [0.15, 0.2) is 6.61 Å². The molecule has 0 radical (unpaired) electrons. The third kappa shape index (κ3) is 3.63. The van der Waals surface area contributed by atoms with Crippen LogP contribution in [0.1, 0.15) is 13.3 Å². The summed E-state index contributed by atoms with van der Waals surface area (Å²) in [5.74, 6) is -0.492. The summed E-state index contributed by atoms with van der Waals surface area (Å²) in [5, 5.41) is 9.51. The molecule has 0 aliphatic carbocycles. The van der Waals surface area contributed by atoms with Crippen molar-refractivity contribution in [1.82, 2.24) is 4.90 Å². The van der Waals surface area contributed by atoms with Gasteiger partial charge in [-0.05, 0) is 18.6 Å². The van der Waals surface area contributed by atoms with Gasteiger partial charge in [0.2, 0.25) is 0 Å². The van der Waals surface area contributed by atoms with Gasteiger partial charge in [-0.3, -0.25) is 4.79 Å². The van der Waals surface area contributed by atoms with Crippen molar-refractivity contribution in [3.63, 3.8) is 0 Å². The van der Waals surface area contributed by atoms with Gasteiger partial charge in [-0.2, -0.15) is 0 Å². The molecule has 1 fully saturated rings. The maximum atomic E-state index is 12.3. The number of halogens is 1. The highest BCUT2D eigenvalue weighted by molar-refractivity contribution is 8.00. The quantitative estimate of drug-likeness (QED) is 0.899. The molecular formula is C14H16ClNO4S. The van der Waals surface area contributed by atoms with E-state index in [-0.39, 0.29) is 17.9 Å². The van der Waals surface area contributed by atoms with Crippen LogP contribution in [0.3, 0.4) is 0 Å². The molecule has 21 heavy (non-hydrogen) atoms. The maximum absolute atomic E-state index is 12.3. The predicted molar refractivity (Wildman–Crippen MR) is 81.8 cm³/mol. The van der Waals surface area contributed by atoms with E-state index in [1.165, 1.54) is 16.7 Å². The van der Waals surface area contributed by atoms with E-state index in [1.54, 1.807) is 24.3 Å². The Kier molecular flexibility index (Phi) is 5.36. The van der Waals surface area contributed by atoms with Gasteiger partial charge in [0, 0.05) is 5.75 Å². The molecule has 1 N–H and O–H groups in total. The molecule has 0 saturated carbocycles. The Bertz CT molecular complexity index is 539. The van der Waals surface area contributed by atoms with Crippen molar-refractivity contribution < 1.29 is 19.4 Å². The molecule has 1 aliphatic rings. The second kappa shape index (κ2) is 7.04. The number of rotatable bonds is 5. The van der Waals surface area contributed by atoms with Crippen molar-refractivity contribution in [2.24, 2.45) is 0 Å². The summed E-state index contributed by atoms with van der Waals surface area (Å²) in [6, 6.07) is 6.07. The van der Waals surface area contributed by atoms with Crippen LogP contribution in [0.25, 0.3) is 0 Å². The lowest BCUT2D eigenvalue weighted by Gasteiger charge is -2.26. The number of carboxylic acid groups (broad SMARTS) is 1. The largest absolute Gasteiger partial charge is 0.482 e. The van der Waals surface area contributed by atoms with Gasteiger partial charge in [-0.15, -0.1) is 11.8 Å². The molecule has 0 bridgehead atoms. The average molecular weight is 330 g/mol. The standard InChI is InChI=1S/C14H16ClNO4S/c1-2-13-16(10(8-21-13)14(18)19)12(17)7-20-11-6-4-3-5-9(11)15/h3-6,10,13H,2,7-8H2,1H3,(H,18,19). The number of amides is 1. The van der Waals surface area contributed by atoms with Crippen LogP contribution in [0.2, 0.25) is 5.02 Å². The summed E-state index contributed by atoms with van der Waals surface area (Å²) in [6.45, 7) is 1.71. The molecule has 0 aromatic heterocycles. The van der Waals surface area contributed by atoms with Crippen LogP contribution >= 0.6 is 23.4 Å². The first-order chi connectivity index (χ1) is 10.0. The van der Waals surface area contributed by atoms with E-state index in [0.29, 0.717) is 22.9 Å². The molecule has 5 nitrogen and oxygen atoms in total. The van der Waals surface area contributed by atoms with Crippen molar-refractivity contribution in [3.8, 4) is 5.75 Å². The molecule has 114 valence electrons. The van der Waals surface area contributed by atoms with E-state index >= 15 is 0 Å². The zero-order valence-corrected chi connectivity index (χ0v) is 13.1. The number of carbonyl (C=O) groups excluding carboxylic acids is 1. The summed E-state index contributed by atoms with van der Waals surface area (Å²) in [5.41, 5.74) is 0. The first kappa shape index (κ1) is 16.0. The number of hydrogen-bond donors (Lipinski definition) is 1. The number of carboxylic acids is 1. The van der Waals surface area contributed by atoms with Crippen LogP contribution in [-0.2, 0) is 9.59 Å². The third-order valence-corrected chi connectivity index (χ3v) is 4.97. The van der Waals surface area contributed by atoms with Crippen LogP contribution in [0.15, 0.2) is 24.3 Å². The SMILES string of the molecule is CCC1SCC(C(=O)O)N1C(=O)COc1ccccc1Cl. The molecule has 1 aromatic carbocycles. The second-order valence-electron chi connectivity index (χ2n) is 4.57. The molecule has 2 atom stereocenters. The lowest BCUT2D eigenvalue weighted by atomic mass is 10.2. The third-order valence-electron chi connectivity index (χ3n) is 3.20. The molecule has 7 heteroatoms. The fourth-order valence-electron chi connectivity index (χ4n) is 2.18. The number of benzene rings is 1. The second-order valence-corrected chi connectivity index (χ2v) is 6.19. The minimum atomic E-state index is -0.982. The lowest BCUT2D eigenvalue weighted by Crippen LogP contribution is -2.47. The highest BCUT2D eigenvalue weighted by atomic mass is 35.5. The van der Waals surface area contributed by atoms with Crippen molar-refractivity contribution >= 4 is 35.2 Å². The van der Waals surface area contributed by atoms with Crippen LogP contribution < -0.4 is 4.74 Å². The zero-order chi connectivity index (χ0) is 15.4. The van der Waals surface area contributed by atoms with E-state index in [4.69, 9.17) is 16.3 Å². The van der Waals surface area contributed by atoms with Crippen LogP contribution in [0.4, 0.5) is 0 Å². The topological polar surface area (TPSA) is 66.8 Å². The Morgan fingerprint density at radius 3 is 2.81 bits per heavy atom. The summed E-state index contributed by atoms with van der Waals surface area (Å²) in [4.78, 5) is 24.9. The zero-order valence-electron chi connectivity index (χ0n) is 11.5. The summed E-state index contributed by atoms with van der Waals surface area (Å²) in [6.07, 6.45) is 0.701. The van der Waals surface area contributed by atoms with Gasteiger partial charge >= 0.3 is 5.97 Å². The van der Waals surface area contributed by atoms with Gasteiger partial charge in [-0.1, -0.05) is 30.7 Å². The van der Waals surface area contributed by atoms with Crippen molar-refractivity contribution in [2.75, 3.05) is 12.4 Å². The molecule has 0 spiro atoms. The van der Waals surface area contributed by atoms with E-state index in [0.717, 1.165) is 0 Å². The number of para-hydroxylation sites is 1. The lowest BCUT2D eigenvalue weighted by molar-refractivity contribution is -0.149. The van der Waals surface area contributed by atoms with Gasteiger partial charge < -0.3 is 14.7 Å². The molecule has 2 unspecified atom stereocenters. The normalized spacial score (nSPS) is 21.3. The van der Waals surface area contributed by atoms with Gasteiger partial charge in [0.25, 0.3) is 5.91 Å². The minimum absolute atomic E-state index is 0.117. The first-order valence-corrected chi connectivity index (χ1v) is 8.00. The predicted octanol–water partition coefficient (Wildman–Crippen LogP) is 2.48. The van der Waals surface area contributed by atoms with E-state index in [2.05, 4.69) is 0 Å². The molecule has 1 aliphatic heterocycles. The smallest absolute Gasteiger partial charge is 0.327 e. The summed E-state index contributed by atoms with van der Waals surface area (Å²) >= 11 is 7.44. The number of thioether (sulfide) groups is 1. The van der Waals surface area contributed by atoms with E-state index in [9.17, 15) is 14.7 Å². The summed E-state index contributed by atoms with van der Waals surface area (Å²) < 4.78 is 5.41. The van der Waals surface area contributed by atoms with E-state index in [1.807, 2.05) is 6.92 Å². The molecular weight excluding hydrogens is 314 g/mol. The van der Waals surface area contributed by atoms with Crippen molar-refractivity contribution in [3.05, 3.63) is 29.3 Å². The Morgan fingerprint density at radius 2 is 2.19 bits per heavy atom. The number of nitrogens with zero attached hydrogens (tertiary/aromatic N) is 1.